The van der Waals surface area contributed by atoms with Crippen molar-refractivity contribution in [3.63, 3.8) is 0 Å². The molecule has 7 heteroatoms. The number of H-pyrrole nitrogens is 1. The first kappa shape index (κ1) is 22.3. The van der Waals surface area contributed by atoms with Gasteiger partial charge in [-0.05, 0) is 59.7 Å². The molecule has 5 aromatic rings. The van der Waals surface area contributed by atoms with Crippen molar-refractivity contribution in [3.05, 3.63) is 109 Å². The summed E-state index contributed by atoms with van der Waals surface area (Å²) in [6.45, 7) is 0. The second-order valence-electron chi connectivity index (χ2n) is 8.22. The van der Waals surface area contributed by atoms with E-state index in [1.165, 1.54) is 6.07 Å². The lowest BCUT2D eigenvalue weighted by Gasteiger charge is -2.23. The molecule has 0 aliphatic rings. The number of hydrogen-bond acceptors (Lipinski definition) is 3. The third-order valence-electron chi connectivity index (χ3n) is 5.93. The summed E-state index contributed by atoms with van der Waals surface area (Å²) in [5, 5.41) is 3.93. The second kappa shape index (κ2) is 9.38. The van der Waals surface area contributed by atoms with E-state index >= 15 is 0 Å². The first-order valence-electron chi connectivity index (χ1n) is 11.1. The minimum Gasteiger partial charge on any atom is -0.361 e. The Morgan fingerprint density at radius 1 is 1.00 bits per heavy atom. The Morgan fingerprint density at radius 3 is 2.66 bits per heavy atom. The van der Waals surface area contributed by atoms with Crippen molar-refractivity contribution in [2.75, 3.05) is 17.3 Å². The Balaban J connectivity index is 1.47. The number of nitrogens with one attached hydrogen (secondary N) is 2. The number of aromatic nitrogens is 2. The number of fused-ring (bicyclic) bond motifs is 1. The molecular weight excluding hydrogens is 446 g/mol. The highest BCUT2D eigenvalue weighted by Gasteiger charge is 2.16. The predicted octanol–water partition coefficient (Wildman–Crippen LogP) is 6.46. The first-order valence-corrected chi connectivity index (χ1v) is 11.1. The lowest BCUT2D eigenvalue weighted by atomic mass is 10.0. The van der Waals surface area contributed by atoms with E-state index in [1.807, 2.05) is 60.6 Å². The molecule has 0 fully saturated rings. The quantitative estimate of drug-likeness (QED) is 0.301. The fraction of sp³-hybridized carbons (Fsp3) is 0.0714. The van der Waals surface area contributed by atoms with E-state index in [1.54, 1.807) is 24.5 Å². The van der Waals surface area contributed by atoms with Gasteiger partial charge in [-0.25, -0.2) is 8.78 Å². The summed E-state index contributed by atoms with van der Waals surface area (Å²) < 4.78 is 27.7. The zero-order valence-corrected chi connectivity index (χ0v) is 18.9. The standard InChI is InChI=1S/C28H22F2N4O/c1-34(21-5-4-12-31-17-21)27-11-9-20(15-23(27)18-8-10-24(29)25(30)13-18)33-28(35)14-19-16-32-26-7-3-2-6-22(19)26/h2-13,15-17,32H,14H2,1H3,(H,33,35). The van der Waals surface area contributed by atoms with E-state index in [9.17, 15) is 13.6 Å². The molecule has 0 aliphatic carbocycles. The normalized spacial score (nSPS) is 10.9. The van der Waals surface area contributed by atoms with Gasteiger partial charge >= 0.3 is 0 Å². The number of halogens is 2. The molecule has 5 nitrogen and oxygen atoms in total. The van der Waals surface area contributed by atoms with Crippen molar-refractivity contribution in [3.8, 4) is 11.1 Å². The van der Waals surface area contributed by atoms with Crippen LogP contribution in [0.1, 0.15) is 5.56 Å². The number of pyridine rings is 1. The molecule has 0 saturated carbocycles. The Labute approximate surface area is 201 Å². The van der Waals surface area contributed by atoms with Crippen LogP contribution in [0.5, 0.6) is 0 Å². The largest absolute Gasteiger partial charge is 0.361 e. The monoisotopic (exact) mass is 468 g/mol. The van der Waals surface area contributed by atoms with Gasteiger partial charge in [-0.1, -0.05) is 24.3 Å². The number of carbonyl (C=O) groups excluding carboxylic acids is 1. The van der Waals surface area contributed by atoms with Crippen LogP contribution in [0.3, 0.4) is 0 Å². The fourth-order valence-corrected chi connectivity index (χ4v) is 4.15. The van der Waals surface area contributed by atoms with Gasteiger partial charge in [0.25, 0.3) is 0 Å². The van der Waals surface area contributed by atoms with Crippen molar-refractivity contribution in [2.24, 2.45) is 0 Å². The Morgan fingerprint density at radius 2 is 1.86 bits per heavy atom. The molecule has 2 heterocycles. The molecule has 0 radical (unpaired) electrons. The highest BCUT2D eigenvalue weighted by Crippen LogP contribution is 2.36. The van der Waals surface area contributed by atoms with Crippen LogP contribution in [-0.4, -0.2) is 22.9 Å². The van der Waals surface area contributed by atoms with Crippen LogP contribution in [-0.2, 0) is 11.2 Å². The molecule has 1 amide bonds. The summed E-state index contributed by atoms with van der Waals surface area (Å²) in [5.41, 5.74) is 5.12. The van der Waals surface area contributed by atoms with Crippen LogP contribution in [0, 0.1) is 11.6 Å². The number of rotatable bonds is 6. The maximum absolute atomic E-state index is 14.1. The summed E-state index contributed by atoms with van der Waals surface area (Å²) in [5.74, 6) is -2.04. The van der Waals surface area contributed by atoms with E-state index in [2.05, 4.69) is 15.3 Å². The molecule has 2 aromatic heterocycles. The van der Waals surface area contributed by atoms with Gasteiger partial charge in [-0.15, -0.1) is 0 Å². The number of nitrogens with zero attached hydrogens (tertiary/aromatic N) is 2. The minimum absolute atomic E-state index is 0.181. The minimum atomic E-state index is -0.939. The van der Waals surface area contributed by atoms with Crippen molar-refractivity contribution >= 4 is 33.9 Å². The van der Waals surface area contributed by atoms with Crippen LogP contribution >= 0.6 is 0 Å². The van der Waals surface area contributed by atoms with Gasteiger partial charge in [0.2, 0.25) is 5.91 Å². The van der Waals surface area contributed by atoms with Crippen molar-refractivity contribution in [1.82, 2.24) is 9.97 Å². The molecule has 174 valence electrons. The molecule has 3 aromatic carbocycles. The van der Waals surface area contributed by atoms with Crippen LogP contribution in [0.25, 0.3) is 22.0 Å². The molecule has 2 N–H and O–H groups in total. The van der Waals surface area contributed by atoms with Crippen LogP contribution in [0.15, 0.2) is 91.4 Å². The van der Waals surface area contributed by atoms with Gasteiger partial charge in [0.1, 0.15) is 0 Å². The SMILES string of the molecule is CN(c1cccnc1)c1ccc(NC(=O)Cc2c[nH]c3ccccc23)cc1-c1ccc(F)c(F)c1. The number of benzene rings is 3. The third kappa shape index (κ3) is 4.61. The second-order valence-corrected chi connectivity index (χ2v) is 8.22. The molecule has 0 saturated heterocycles. The Bertz CT molecular complexity index is 1510. The number of anilines is 3. The fourth-order valence-electron chi connectivity index (χ4n) is 4.15. The van der Waals surface area contributed by atoms with Gasteiger partial charge in [-0.3, -0.25) is 9.78 Å². The Kier molecular flexibility index (Phi) is 5.97. The lowest BCUT2D eigenvalue weighted by molar-refractivity contribution is -0.115. The third-order valence-corrected chi connectivity index (χ3v) is 5.93. The number of amides is 1. The zero-order chi connectivity index (χ0) is 24.4. The topological polar surface area (TPSA) is 61.0 Å². The van der Waals surface area contributed by atoms with Gasteiger partial charge in [0.15, 0.2) is 11.6 Å². The summed E-state index contributed by atoms with van der Waals surface area (Å²) in [4.78, 5) is 22.1. The summed E-state index contributed by atoms with van der Waals surface area (Å²) in [6.07, 6.45) is 5.43. The van der Waals surface area contributed by atoms with E-state index in [4.69, 9.17) is 0 Å². The summed E-state index contributed by atoms with van der Waals surface area (Å²) >= 11 is 0. The highest BCUT2D eigenvalue weighted by molar-refractivity contribution is 5.97. The predicted molar refractivity (Wildman–Crippen MR) is 135 cm³/mol. The van der Waals surface area contributed by atoms with Gasteiger partial charge in [0, 0.05) is 47.3 Å². The first-order chi connectivity index (χ1) is 17.0. The maximum Gasteiger partial charge on any atom is 0.228 e. The van der Waals surface area contributed by atoms with Crippen LogP contribution in [0.4, 0.5) is 25.8 Å². The number of hydrogen-bond donors (Lipinski definition) is 2. The molecule has 0 aliphatic heterocycles. The Hall–Kier alpha value is -4.52. The maximum atomic E-state index is 14.1. The molecule has 35 heavy (non-hydrogen) atoms. The molecule has 0 bridgehead atoms. The number of para-hydroxylation sites is 1. The van der Waals surface area contributed by atoms with E-state index in [0.717, 1.165) is 40.0 Å². The van der Waals surface area contributed by atoms with Gasteiger partial charge < -0.3 is 15.2 Å². The zero-order valence-electron chi connectivity index (χ0n) is 18.9. The van der Waals surface area contributed by atoms with Crippen molar-refractivity contribution in [2.45, 2.75) is 6.42 Å². The number of carbonyl (C=O) groups is 1. The molecule has 0 atom stereocenters. The highest BCUT2D eigenvalue weighted by atomic mass is 19.2. The average molecular weight is 469 g/mol. The van der Waals surface area contributed by atoms with E-state index < -0.39 is 11.6 Å². The summed E-state index contributed by atoms with van der Waals surface area (Å²) in [6, 6.07) is 20.7. The van der Waals surface area contributed by atoms with Crippen LogP contribution in [0.2, 0.25) is 0 Å². The van der Waals surface area contributed by atoms with Crippen LogP contribution < -0.4 is 10.2 Å². The molecule has 0 spiro atoms. The molecular formula is C28H22F2N4O. The number of aromatic amines is 1. The van der Waals surface area contributed by atoms with Gasteiger partial charge in [-0.2, -0.15) is 0 Å². The van der Waals surface area contributed by atoms with E-state index in [0.29, 0.717) is 16.8 Å². The smallest absolute Gasteiger partial charge is 0.228 e. The average Bonchev–Trinajstić information content (AvgIpc) is 3.28. The lowest BCUT2D eigenvalue weighted by Crippen LogP contribution is -2.15. The van der Waals surface area contributed by atoms with Crippen molar-refractivity contribution < 1.29 is 13.6 Å². The molecule has 5 rings (SSSR count). The summed E-state index contributed by atoms with van der Waals surface area (Å²) in [7, 11) is 1.87. The molecule has 0 unspecified atom stereocenters. The van der Waals surface area contributed by atoms with E-state index in [-0.39, 0.29) is 12.3 Å². The van der Waals surface area contributed by atoms with Gasteiger partial charge in [0.05, 0.1) is 18.3 Å². The van der Waals surface area contributed by atoms with Crippen molar-refractivity contribution in [1.29, 1.82) is 0 Å².